The van der Waals surface area contributed by atoms with Crippen molar-refractivity contribution in [1.29, 1.82) is 0 Å². The maximum atomic E-state index is 12.9. The van der Waals surface area contributed by atoms with Gasteiger partial charge >= 0.3 is 0 Å². The molecule has 9 nitrogen and oxygen atoms in total. The molecule has 1 aliphatic rings. The van der Waals surface area contributed by atoms with E-state index in [0.717, 1.165) is 11.1 Å². The molecule has 2 amide bonds. The minimum Gasteiger partial charge on any atom is -0.481 e. The average molecular weight is 515 g/mol. The van der Waals surface area contributed by atoms with Crippen LogP contribution < -0.4 is 14.4 Å². The number of ether oxygens (including phenoxy) is 1. The molecule has 1 atom stereocenters. The number of thiazole rings is 1. The number of aryl methyl sites for hydroxylation is 1. The Labute approximate surface area is 208 Å². The molecule has 1 saturated heterocycles. The lowest BCUT2D eigenvalue weighted by Gasteiger charge is -2.35. The highest BCUT2D eigenvalue weighted by molar-refractivity contribution is 7.93. The largest absolute Gasteiger partial charge is 0.481 e. The second-order valence-electron chi connectivity index (χ2n) is 8.20. The zero-order chi connectivity index (χ0) is 25.2. The summed E-state index contributed by atoms with van der Waals surface area (Å²) in [7, 11) is -3.78. The van der Waals surface area contributed by atoms with Crippen molar-refractivity contribution in [2.45, 2.75) is 31.8 Å². The molecule has 3 aromatic rings. The Hall–Kier alpha value is -3.44. The maximum Gasteiger partial charge on any atom is 0.263 e. The molecule has 11 heteroatoms. The minimum absolute atomic E-state index is 0.0649. The van der Waals surface area contributed by atoms with Gasteiger partial charge in [0.15, 0.2) is 11.2 Å². The number of aromatic nitrogens is 1. The lowest BCUT2D eigenvalue weighted by Crippen LogP contribution is -2.54. The number of anilines is 2. The molecule has 2 heterocycles. The summed E-state index contributed by atoms with van der Waals surface area (Å²) in [5.74, 6) is 0.142. The van der Waals surface area contributed by atoms with E-state index >= 15 is 0 Å². The normalized spacial score (nSPS) is 15.1. The molecule has 2 aromatic carbocycles. The summed E-state index contributed by atoms with van der Waals surface area (Å²) in [5, 5.41) is 1.95. The first-order chi connectivity index (χ1) is 16.7. The van der Waals surface area contributed by atoms with Crippen molar-refractivity contribution in [3.8, 4) is 5.75 Å². The fraction of sp³-hybridized carbons (Fsp3) is 0.292. The van der Waals surface area contributed by atoms with Crippen molar-refractivity contribution in [3.63, 3.8) is 0 Å². The maximum absolute atomic E-state index is 12.9. The molecule has 35 heavy (non-hydrogen) atoms. The highest BCUT2D eigenvalue weighted by Gasteiger charge is 2.31. The Balaban J connectivity index is 1.38. The third-order valence-electron chi connectivity index (χ3n) is 5.85. The predicted molar refractivity (Wildman–Crippen MR) is 134 cm³/mol. The topological polar surface area (TPSA) is 109 Å². The van der Waals surface area contributed by atoms with E-state index in [2.05, 4.69) is 9.71 Å². The Bertz CT molecular complexity index is 1320. The first-order valence-electron chi connectivity index (χ1n) is 11.0. The minimum atomic E-state index is -3.78. The molecule has 1 N–H and O–H groups in total. The van der Waals surface area contributed by atoms with Gasteiger partial charge in [0.25, 0.3) is 15.9 Å². The second-order valence-corrected chi connectivity index (χ2v) is 10.8. The Morgan fingerprint density at radius 2 is 1.89 bits per heavy atom. The van der Waals surface area contributed by atoms with Crippen LogP contribution in [0.4, 0.5) is 10.8 Å². The fourth-order valence-corrected chi connectivity index (χ4v) is 5.53. The van der Waals surface area contributed by atoms with Crippen LogP contribution in [0.15, 0.2) is 58.9 Å². The molecule has 4 rings (SSSR count). The number of carbonyl (C=O) groups is 2. The molecule has 1 aliphatic heterocycles. The molecular weight excluding hydrogens is 488 g/mol. The van der Waals surface area contributed by atoms with Gasteiger partial charge in [-0.15, -0.1) is 11.3 Å². The summed E-state index contributed by atoms with van der Waals surface area (Å²) in [5.41, 5.74) is 2.61. The summed E-state index contributed by atoms with van der Waals surface area (Å²) >= 11 is 1.18. The average Bonchev–Trinajstić information content (AvgIpc) is 3.34. The van der Waals surface area contributed by atoms with Crippen LogP contribution in [0, 0.1) is 13.8 Å². The van der Waals surface area contributed by atoms with Gasteiger partial charge in [0.2, 0.25) is 5.91 Å². The van der Waals surface area contributed by atoms with E-state index in [1.807, 2.05) is 32.0 Å². The zero-order valence-corrected chi connectivity index (χ0v) is 21.2. The number of benzene rings is 2. The summed E-state index contributed by atoms with van der Waals surface area (Å²) in [6, 6.07) is 11.7. The van der Waals surface area contributed by atoms with Gasteiger partial charge in [-0.1, -0.05) is 12.1 Å². The van der Waals surface area contributed by atoms with Crippen molar-refractivity contribution >= 4 is 44.0 Å². The molecule has 0 aliphatic carbocycles. The molecule has 0 bridgehead atoms. The number of hydrogen-bond donors (Lipinski definition) is 1. The van der Waals surface area contributed by atoms with Gasteiger partial charge in [-0.2, -0.15) is 0 Å². The van der Waals surface area contributed by atoms with Crippen LogP contribution in [-0.2, 0) is 19.6 Å². The van der Waals surface area contributed by atoms with Gasteiger partial charge < -0.3 is 14.5 Å². The van der Waals surface area contributed by atoms with Crippen molar-refractivity contribution < 1.29 is 22.7 Å². The highest BCUT2D eigenvalue weighted by atomic mass is 32.2. The van der Waals surface area contributed by atoms with Crippen molar-refractivity contribution in [3.05, 3.63) is 65.2 Å². The molecule has 1 aromatic heterocycles. The zero-order valence-electron chi connectivity index (χ0n) is 19.6. The number of nitrogens with zero attached hydrogens (tertiary/aromatic N) is 3. The van der Waals surface area contributed by atoms with Gasteiger partial charge in [0.05, 0.1) is 4.90 Å². The number of rotatable bonds is 7. The van der Waals surface area contributed by atoms with Crippen LogP contribution in [0.3, 0.4) is 0 Å². The lowest BCUT2D eigenvalue weighted by molar-refractivity contribution is -0.142. The van der Waals surface area contributed by atoms with E-state index in [0.29, 0.717) is 24.5 Å². The van der Waals surface area contributed by atoms with Crippen molar-refractivity contribution in [1.82, 2.24) is 9.88 Å². The smallest absolute Gasteiger partial charge is 0.263 e. The molecular formula is C24H26N4O5S2. The standard InChI is InChI=1S/C24H26N4O5S2/c1-16-5-4-6-21(17(16)2)33-18(3)23(30)27-12-13-28(22(29)15-27)19-7-9-20(10-8-19)35(31,32)26-24-25-11-14-34-24/h4-11,14,18H,12-13,15H2,1-3H3,(H,25,26)/t18-/m0/s1. The third-order valence-corrected chi connectivity index (χ3v) is 8.02. The Morgan fingerprint density at radius 3 is 2.54 bits per heavy atom. The summed E-state index contributed by atoms with van der Waals surface area (Å²) < 4.78 is 33.4. The monoisotopic (exact) mass is 514 g/mol. The number of piperazine rings is 1. The van der Waals surface area contributed by atoms with E-state index < -0.39 is 16.1 Å². The number of amides is 2. The molecule has 0 radical (unpaired) electrons. The number of nitrogens with one attached hydrogen (secondary N) is 1. The van der Waals surface area contributed by atoms with E-state index in [1.54, 1.807) is 29.3 Å². The first-order valence-corrected chi connectivity index (χ1v) is 13.4. The Morgan fingerprint density at radius 1 is 1.14 bits per heavy atom. The summed E-state index contributed by atoms with van der Waals surface area (Å²) in [4.78, 5) is 32.8. The van der Waals surface area contributed by atoms with E-state index in [-0.39, 0.29) is 28.4 Å². The van der Waals surface area contributed by atoms with Crippen LogP contribution in [0.5, 0.6) is 5.75 Å². The Kier molecular flexibility index (Phi) is 7.08. The van der Waals surface area contributed by atoms with Crippen LogP contribution in [-0.4, -0.2) is 55.9 Å². The van der Waals surface area contributed by atoms with Gasteiger partial charge in [-0.05, 0) is 62.2 Å². The van der Waals surface area contributed by atoms with Crippen LogP contribution in [0.1, 0.15) is 18.1 Å². The second kappa shape index (κ2) is 10.0. The van der Waals surface area contributed by atoms with Crippen molar-refractivity contribution in [2.75, 3.05) is 29.3 Å². The summed E-state index contributed by atoms with van der Waals surface area (Å²) in [6.45, 7) is 6.16. The van der Waals surface area contributed by atoms with Gasteiger partial charge in [0.1, 0.15) is 12.3 Å². The number of sulfonamides is 1. The van der Waals surface area contributed by atoms with Gasteiger partial charge in [0, 0.05) is 30.4 Å². The molecule has 0 spiro atoms. The molecule has 0 unspecified atom stereocenters. The molecule has 0 saturated carbocycles. The van der Waals surface area contributed by atoms with Crippen LogP contribution in [0.2, 0.25) is 0 Å². The number of hydrogen-bond acceptors (Lipinski definition) is 7. The quantitative estimate of drug-likeness (QED) is 0.519. The first kappa shape index (κ1) is 24.7. The third kappa shape index (κ3) is 5.46. The van der Waals surface area contributed by atoms with E-state index in [9.17, 15) is 18.0 Å². The van der Waals surface area contributed by atoms with Gasteiger partial charge in [-0.25, -0.2) is 13.4 Å². The molecule has 184 valence electrons. The van der Waals surface area contributed by atoms with Crippen molar-refractivity contribution in [2.24, 2.45) is 0 Å². The lowest BCUT2D eigenvalue weighted by atomic mass is 10.1. The van der Waals surface area contributed by atoms with E-state index in [1.165, 1.54) is 34.6 Å². The highest BCUT2D eigenvalue weighted by Crippen LogP contribution is 2.24. The molecule has 1 fully saturated rings. The number of carbonyl (C=O) groups excluding carboxylic acids is 2. The fourth-order valence-electron chi connectivity index (χ4n) is 3.74. The SMILES string of the molecule is Cc1cccc(O[C@@H](C)C(=O)N2CCN(c3ccc(S(=O)(=O)Nc4nccs4)cc3)C(=O)C2)c1C. The van der Waals surface area contributed by atoms with Crippen LogP contribution in [0.25, 0.3) is 0 Å². The van der Waals surface area contributed by atoms with Gasteiger partial charge in [-0.3, -0.25) is 14.3 Å². The van der Waals surface area contributed by atoms with Crippen LogP contribution >= 0.6 is 11.3 Å². The predicted octanol–water partition coefficient (Wildman–Crippen LogP) is 3.20. The summed E-state index contributed by atoms with van der Waals surface area (Å²) in [6.07, 6.45) is 0.780. The van der Waals surface area contributed by atoms with E-state index in [4.69, 9.17) is 4.74 Å².